The normalized spacial score (nSPS) is 55.3. The lowest BCUT2D eigenvalue weighted by Crippen LogP contribution is -2.67. The van der Waals surface area contributed by atoms with Gasteiger partial charge in [-0.2, -0.15) is 0 Å². The van der Waals surface area contributed by atoms with Crippen LogP contribution in [0.2, 0.25) is 0 Å². The molecule has 85 heavy (non-hydrogen) atoms. The van der Waals surface area contributed by atoms with Crippen LogP contribution in [0.15, 0.2) is 11.6 Å². The van der Waals surface area contributed by atoms with Crippen molar-refractivity contribution in [3.05, 3.63) is 11.6 Å². The van der Waals surface area contributed by atoms with Crippen molar-refractivity contribution in [3.8, 4) is 0 Å². The maximum Gasteiger partial charge on any atom is 0.315 e. The van der Waals surface area contributed by atoms with Crippen LogP contribution in [0.25, 0.3) is 0 Å². The molecule has 4 saturated carbocycles. The number of rotatable bonds is 13. The number of carbonyl (C=O) groups excluding carboxylic acids is 1. The summed E-state index contributed by atoms with van der Waals surface area (Å²) in [5.74, 6) is -0.861. The minimum atomic E-state index is -1.90. The van der Waals surface area contributed by atoms with Crippen LogP contribution in [0.3, 0.4) is 0 Å². The number of allylic oxidation sites excluding steroid dienone is 2. The first-order valence-electron chi connectivity index (χ1n) is 30.6. The second-order valence-corrected chi connectivity index (χ2v) is 28.5. The summed E-state index contributed by atoms with van der Waals surface area (Å²) in [4.78, 5) is 15.2. The van der Waals surface area contributed by atoms with Crippen LogP contribution in [0.4, 0.5) is 0 Å². The molecule has 0 bridgehead atoms. The van der Waals surface area contributed by atoms with E-state index >= 15 is 4.79 Å². The third kappa shape index (κ3) is 11.1. The molecule has 15 N–H and O–H groups in total. The minimum Gasteiger partial charge on any atom is -0.432 e. The van der Waals surface area contributed by atoms with Gasteiger partial charge in [0.15, 0.2) is 25.2 Å². The Morgan fingerprint density at radius 1 is 0.565 bits per heavy atom. The lowest BCUT2D eigenvalue weighted by atomic mass is 9.33. The lowest BCUT2D eigenvalue weighted by molar-refractivity contribution is -0.365. The third-order valence-corrected chi connectivity index (χ3v) is 23.2. The molecule has 10 aliphatic rings. The molecule has 33 atom stereocenters. The van der Waals surface area contributed by atoms with Gasteiger partial charge in [-0.1, -0.05) is 53.2 Å². The summed E-state index contributed by atoms with van der Waals surface area (Å²) >= 11 is 0. The number of ether oxygens (including phenoxy) is 10. The van der Waals surface area contributed by atoms with Gasteiger partial charge in [0.05, 0.1) is 50.2 Å². The first-order chi connectivity index (χ1) is 39.8. The zero-order valence-electron chi connectivity index (χ0n) is 49.8. The fourth-order valence-corrected chi connectivity index (χ4v) is 17.5. The van der Waals surface area contributed by atoms with Gasteiger partial charge < -0.3 is 124 Å². The van der Waals surface area contributed by atoms with E-state index < -0.39 is 189 Å². The first-order valence-corrected chi connectivity index (χ1v) is 30.6. The topological polar surface area (TPSA) is 413 Å². The van der Waals surface area contributed by atoms with Gasteiger partial charge in [0.1, 0.15) is 104 Å². The molecular formula is C59H96O26. The molecule has 0 radical (unpaired) electrons. The Kier molecular flexibility index (Phi) is 19.0. The summed E-state index contributed by atoms with van der Waals surface area (Å²) in [5, 5.41) is 163. The Bertz CT molecular complexity index is 2370. The van der Waals surface area contributed by atoms with Gasteiger partial charge in [-0.25, -0.2) is 0 Å². The monoisotopic (exact) mass is 1220 g/mol. The molecule has 5 heterocycles. The van der Waals surface area contributed by atoms with Crippen LogP contribution in [0, 0.1) is 50.2 Å². The van der Waals surface area contributed by atoms with E-state index in [-0.39, 0.29) is 47.2 Å². The molecule has 26 nitrogen and oxygen atoms in total. The van der Waals surface area contributed by atoms with Crippen LogP contribution >= 0.6 is 0 Å². The summed E-state index contributed by atoms with van der Waals surface area (Å²) in [6, 6.07) is 0. The predicted molar refractivity (Wildman–Crippen MR) is 288 cm³/mol. The van der Waals surface area contributed by atoms with Crippen molar-refractivity contribution in [2.45, 2.75) is 273 Å². The number of esters is 1. The van der Waals surface area contributed by atoms with E-state index in [1.807, 2.05) is 6.92 Å². The van der Waals surface area contributed by atoms with Crippen molar-refractivity contribution in [2.75, 3.05) is 26.4 Å². The number of hydrogen-bond donors (Lipinski definition) is 15. The van der Waals surface area contributed by atoms with Crippen LogP contribution in [0.5, 0.6) is 0 Å². The Balaban J connectivity index is 0.833. The fraction of sp³-hybridized carbons (Fsp3) is 0.949. The van der Waals surface area contributed by atoms with E-state index in [2.05, 4.69) is 40.7 Å². The van der Waals surface area contributed by atoms with Crippen molar-refractivity contribution in [2.24, 2.45) is 50.2 Å². The Morgan fingerprint density at radius 3 is 1.76 bits per heavy atom. The van der Waals surface area contributed by atoms with Crippen molar-refractivity contribution in [1.82, 2.24) is 0 Å². The molecule has 0 aromatic carbocycles. The quantitative estimate of drug-likeness (QED) is 0.0513. The molecule has 0 aromatic rings. The minimum absolute atomic E-state index is 0.0670. The van der Waals surface area contributed by atoms with Gasteiger partial charge in [0, 0.05) is 5.41 Å². The summed E-state index contributed by atoms with van der Waals surface area (Å²) in [7, 11) is 0. The highest BCUT2D eigenvalue weighted by Gasteiger charge is 2.71. The van der Waals surface area contributed by atoms with E-state index in [4.69, 9.17) is 47.4 Å². The predicted octanol–water partition coefficient (Wildman–Crippen LogP) is -2.54. The summed E-state index contributed by atoms with van der Waals surface area (Å²) in [6.45, 7) is 14.3. The average Bonchev–Trinajstić information content (AvgIpc) is 0.688. The molecule has 5 aliphatic heterocycles. The summed E-state index contributed by atoms with van der Waals surface area (Å²) < 4.78 is 59.4. The zero-order chi connectivity index (χ0) is 62.0. The van der Waals surface area contributed by atoms with Gasteiger partial charge in [0.25, 0.3) is 0 Å². The molecule has 0 spiro atoms. The Morgan fingerprint density at radius 2 is 1.14 bits per heavy atom. The van der Waals surface area contributed by atoms with Crippen molar-refractivity contribution in [3.63, 3.8) is 0 Å². The Labute approximate surface area is 494 Å². The standard InChI is InChI=1S/C59H96O26/c1-24-34(63)38(67)42(71)49(78-24)83-46-29(20-60)80-48(45(74)41(46)70)77-22-30-37(66)40(69)44(73)51(81-30)85-53(75)59-17-15-54(3,4)19-27(59)26-9-10-32-55(5)13-12-33(56(6,23-61)31(55)11-14-58(32,8)57(26,7)16-18-59)82-52-47(36(65)28(62)21-76-52)84-50-43(72)39(68)35(64)25(2)79-50/h9,24-25,27-52,60-74H,10-23H2,1-8H3/t24-,25+,27+,28-,29-,30+,31-,32-,33+,34+,35+,36+,37+,38-,39-,40+,41+,42-,43+,44+,45+,46+,47-,48-,49-,50-,51-,52-,55-,56-,57+,58+,59-/m0/s1. The van der Waals surface area contributed by atoms with Gasteiger partial charge in [-0.15, -0.1) is 0 Å². The second-order valence-electron chi connectivity index (χ2n) is 28.5. The van der Waals surface area contributed by atoms with E-state index in [0.29, 0.717) is 51.4 Å². The van der Waals surface area contributed by atoms with Crippen molar-refractivity contribution in [1.29, 1.82) is 0 Å². The molecular weight excluding hydrogens is 1120 g/mol. The van der Waals surface area contributed by atoms with Crippen LogP contribution < -0.4 is 0 Å². The van der Waals surface area contributed by atoms with Crippen molar-refractivity contribution >= 4 is 5.97 Å². The van der Waals surface area contributed by atoms with Crippen LogP contribution in [0.1, 0.15) is 120 Å². The van der Waals surface area contributed by atoms with Crippen molar-refractivity contribution < 1.29 is 129 Å². The second kappa shape index (κ2) is 24.4. The zero-order valence-corrected chi connectivity index (χ0v) is 49.8. The van der Waals surface area contributed by atoms with Crippen LogP contribution in [-0.4, -0.2) is 263 Å². The van der Waals surface area contributed by atoms with Gasteiger partial charge in [-0.3, -0.25) is 4.79 Å². The maximum atomic E-state index is 15.2. The molecule has 488 valence electrons. The van der Waals surface area contributed by atoms with Gasteiger partial charge in [-0.05, 0) is 117 Å². The number of hydrogen-bond acceptors (Lipinski definition) is 26. The number of aliphatic hydroxyl groups is 15. The van der Waals surface area contributed by atoms with E-state index in [1.165, 1.54) is 19.4 Å². The molecule has 26 heteroatoms. The third-order valence-electron chi connectivity index (χ3n) is 23.2. The lowest BCUT2D eigenvalue weighted by Gasteiger charge is -2.71. The molecule has 0 amide bonds. The molecule has 10 rings (SSSR count). The maximum absolute atomic E-state index is 15.2. The first kappa shape index (κ1) is 66.2. The molecule has 0 unspecified atom stereocenters. The number of aliphatic hydroxyl groups excluding tert-OH is 15. The summed E-state index contributed by atoms with van der Waals surface area (Å²) in [5.41, 5.74) is -1.93. The Hall–Kier alpha value is -1.75. The highest BCUT2D eigenvalue weighted by Crippen LogP contribution is 2.76. The van der Waals surface area contributed by atoms with E-state index in [1.54, 1.807) is 0 Å². The van der Waals surface area contributed by atoms with E-state index in [0.717, 1.165) is 12.8 Å². The van der Waals surface area contributed by atoms with Gasteiger partial charge in [0.2, 0.25) is 6.29 Å². The number of carbonyl (C=O) groups is 1. The number of fused-ring (bicyclic) bond motifs is 7. The molecule has 5 aliphatic carbocycles. The largest absolute Gasteiger partial charge is 0.432 e. The van der Waals surface area contributed by atoms with E-state index in [9.17, 15) is 76.6 Å². The summed E-state index contributed by atoms with van der Waals surface area (Å²) in [6.07, 6.45) is -29.6. The highest BCUT2D eigenvalue weighted by atomic mass is 16.8. The smallest absolute Gasteiger partial charge is 0.315 e. The average molecular weight is 1220 g/mol. The molecule has 0 aromatic heterocycles. The molecule has 5 saturated heterocycles. The van der Waals surface area contributed by atoms with Crippen LogP contribution in [-0.2, 0) is 52.2 Å². The SMILES string of the molecule is C[C@@H]1O[C@@H](O[C@H]2[C@H](O)[C@@H](O)[C@@H](OC[C@H]3O[C@@H](OC(=O)[C@]45CCC(C)(C)C[C@@H]4C4=CC[C@H]6[C@@]7(C)CC[C@@H](O[C@@H]8OC[C@H](O)[C@@H](O)[C@@H]8O[C@@H]8O[C@H](C)[C@@H](O)[C@H](O)[C@H]8O)[C@@](C)(CO)[C@H]7CC[C@@]6(C)[C@]4(C)CC5)[C@H](O)[C@H](O)[C@@H]3O)O[C@H]2CO)[C@@H](O)[C@@H](O)[C@@H]1O. The van der Waals surface area contributed by atoms with Gasteiger partial charge >= 0.3 is 5.97 Å². The molecule has 9 fully saturated rings. The fourth-order valence-electron chi connectivity index (χ4n) is 17.5. The highest BCUT2D eigenvalue weighted by molar-refractivity contribution is 5.79.